The van der Waals surface area contributed by atoms with Crippen LogP contribution in [-0.2, 0) is 0 Å². The first-order chi connectivity index (χ1) is 6.37. The largest absolute Gasteiger partial charge is 0.330 e. The maximum Gasteiger partial charge on any atom is 0.0413 e. The molecule has 0 aromatic carbocycles. The topological polar surface area (TPSA) is 52.0 Å². The van der Waals surface area contributed by atoms with E-state index in [1.165, 1.54) is 24.9 Å². The molecule has 0 saturated carbocycles. The summed E-state index contributed by atoms with van der Waals surface area (Å²) in [4.78, 5) is 0. The van der Waals surface area contributed by atoms with Gasteiger partial charge in [0.25, 0.3) is 0 Å². The third-order valence-electron chi connectivity index (χ3n) is 3.84. The van der Waals surface area contributed by atoms with Crippen molar-refractivity contribution in [1.29, 1.82) is 0 Å². The van der Waals surface area contributed by atoms with E-state index in [2.05, 4.69) is 26.2 Å². The zero-order chi connectivity index (χ0) is 11.2. The van der Waals surface area contributed by atoms with Crippen LogP contribution in [0.25, 0.3) is 0 Å². The number of rotatable bonds is 7. The van der Waals surface area contributed by atoms with E-state index in [-0.39, 0.29) is 0 Å². The molecule has 0 bridgehead atoms. The Hall–Kier alpha value is 0.354. The molecule has 0 saturated heterocycles. The molecule has 0 aromatic heterocycles. The SMILES string of the molecule is C[Si](C)(CCCN)[Si](C)(C)CCCN. The van der Waals surface area contributed by atoms with Gasteiger partial charge in [-0.05, 0) is 25.9 Å². The summed E-state index contributed by atoms with van der Waals surface area (Å²) in [6.07, 6.45) is 2.44. The van der Waals surface area contributed by atoms with Crippen molar-refractivity contribution in [2.75, 3.05) is 13.1 Å². The number of hydrogen-bond donors (Lipinski definition) is 2. The van der Waals surface area contributed by atoms with E-state index >= 15 is 0 Å². The molecule has 4 heteroatoms. The van der Waals surface area contributed by atoms with Crippen molar-refractivity contribution in [2.24, 2.45) is 11.5 Å². The lowest BCUT2D eigenvalue weighted by Gasteiger charge is -2.38. The summed E-state index contributed by atoms with van der Waals surface area (Å²) in [5.41, 5.74) is 11.2. The van der Waals surface area contributed by atoms with Crippen molar-refractivity contribution >= 4 is 15.2 Å². The maximum absolute atomic E-state index is 5.60. The van der Waals surface area contributed by atoms with E-state index in [9.17, 15) is 0 Å². The summed E-state index contributed by atoms with van der Waals surface area (Å²) in [5.74, 6) is 0. The second kappa shape index (κ2) is 6.05. The smallest absolute Gasteiger partial charge is 0.0413 e. The molecule has 0 aliphatic carbocycles. The van der Waals surface area contributed by atoms with Crippen molar-refractivity contribution < 1.29 is 0 Å². The Kier molecular flexibility index (Phi) is 6.20. The minimum absolute atomic E-state index is 0.859. The predicted octanol–water partition coefficient (Wildman–Crippen LogP) is 2.18. The van der Waals surface area contributed by atoms with Crippen LogP contribution >= 0.6 is 0 Å². The van der Waals surface area contributed by atoms with Crippen LogP contribution in [0.5, 0.6) is 0 Å². The standard InChI is InChI=1S/C10H28N2Si2/c1-13(2,9-5-7-11)14(3,4)10-6-8-12/h5-12H2,1-4H3. The van der Waals surface area contributed by atoms with Gasteiger partial charge in [-0.3, -0.25) is 0 Å². The lowest BCUT2D eigenvalue weighted by molar-refractivity contribution is 0.904. The molecule has 0 radical (unpaired) electrons. The Morgan fingerprint density at radius 2 is 1.00 bits per heavy atom. The third-order valence-corrected chi connectivity index (χ3v) is 23.2. The highest BCUT2D eigenvalue weighted by atomic mass is 29.3. The average molecular weight is 233 g/mol. The highest BCUT2D eigenvalue weighted by Gasteiger charge is 2.38. The summed E-state index contributed by atoms with van der Waals surface area (Å²) in [6, 6.07) is 2.82. The summed E-state index contributed by atoms with van der Waals surface area (Å²) < 4.78 is 0. The average Bonchev–Trinajstić information content (AvgIpc) is 2.11. The molecule has 0 atom stereocenters. The maximum atomic E-state index is 5.60. The highest BCUT2D eigenvalue weighted by molar-refractivity contribution is 7.40. The van der Waals surface area contributed by atoms with Crippen molar-refractivity contribution in [2.45, 2.75) is 51.1 Å². The summed E-state index contributed by atoms with van der Waals surface area (Å²) >= 11 is 0. The van der Waals surface area contributed by atoms with E-state index in [1.807, 2.05) is 0 Å². The molecular formula is C10H28N2Si2. The number of nitrogens with two attached hydrogens (primary N) is 2. The predicted molar refractivity (Wildman–Crippen MR) is 71.9 cm³/mol. The van der Waals surface area contributed by atoms with E-state index in [0.29, 0.717) is 0 Å². The molecule has 0 spiro atoms. The van der Waals surface area contributed by atoms with Crippen molar-refractivity contribution in [3.05, 3.63) is 0 Å². The summed E-state index contributed by atoms with van der Waals surface area (Å²) in [7, 11) is -1.97. The van der Waals surface area contributed by atoms with Crippen LogP contribution in [0.4, 0.5) is 0 Å². The first kappa shape index (κ1) is 14.4. The van der Waals surface area contributed by atoms with Crippen LogP contribution in [0.2, 0.25) is 38.3 Å². The molecule has 14 heavy (non-hydrogen) atoms. The Morgan fingerprint density at radius 3 is 1.21 bits per heavy atom. The molecule has 0 aromatic rings. The van der Waals surface area contributed by atoms with Crippen molar-refractivity contribution in [1.82, 2.24) is 0 Å². The summed E-state index contributed by atoms with van der Waals surface area (Å²) in [5, 5.41) is 0. The van der Waals surface area contributed by atoms with Gasteiger partial charge >= 0.3 is 0 Å². The Bertz CT molecular complexity index is 140. The molecule has 2 nitrogen and oxygen atoms in total. The van der Waals surface area contributed by atoms with E-state index in [4.69, 9.17) is 11.5 Å². The molecule has 86 valence electrons. The molecule has 0 aliphatic rings. The minimum Gasteiger partial charge on any atom is -0.330 e. The fourth-order valence-electron chi connectivity index (χ4n) is 1.76. The fraction of sp³-hybridized carbons (Fsp3) is 1.00. The monoisotopic (exact) mass is 232 g/mol. The van der Waals surface area contributed by atoms with Gasteiger partial charge in [-0.25, -0.2) is 0 Å². The lowest BCUT2D eigenvalue weighted by atomic mass is 10.5. The molecule has 0 rings (SSSR count). The van der Waals surface area contributed by atoms with Gasteiger partial charge in [0, 0.05) is 15.2 Å². The van der Waals surface area contributed by atoms with Crippen LogP contribution in [0.3, 0.4) is 0 Å². The van der Waals surface area contributed by atoms with Gasteiger partial charge in [-0.2, -0.15) is 0 Å². The van der Waals surface area contributed by atoms with Gasteiger partial charge < -0.3 is 11.5 Å². The van der Waals surface area contributed by atoms with Gasteiger partial charge in [0.2, 0.25) is 0 Å². The summed E-state index contributed by atoms with van der Waals surface area (Å²) in [6.45, 7) is 11.9. The van der Waals surface area contributed by atoms with Gasteiger partial charge in [-0.15, -0.1) is 0 Å². The molecule has 0 heterocycles. The molecule has 0 fully saturated rings. The van der Waals surface area contributed by atoms with Gasteiger partial charge in [-0.1, -0.05) is 38.3 Å². The first-order valence-electron chi connectivity index (χ1n) is 5.77. The normalized spacial score (nSPS) is 13.3. The second-order valence-corrected chi connectivity index (χ2v) is 22.2. The van der Waals surface area contributed by atoms with Gasteiger partial charge in [0.05, 0.1) is 0 Å². The van der Waals surface area contributed by atoms with Crippen molar-refractivity contribution in [3.8, 4) is 0 Å². The van der Waals surface area contributed by atoms with Crippen LogP contribution in [0.15, 0.2) is 0 Å². The fourth-order valence-corrected chi connectivity index (χ4v) is 10.4. The Morgan fingerprint density at radius 1 is 0.714 bits per heavy atom. The molecule has 4 N–H and O–H groups in total. The Labute approximate surface area is 91.3 Å². The zero-order valence-corrected chi connectivity index (χ0v) is 12.4. The van der Waals surface area contributed by atoms with Gasteiger partial charge in [0.1, 0.15) is 0 Å². The van der Waals surface area contributed by atoms with Crippen LogP contribution in [0, 0.1) is 0 Å². The second-order valence-electron chi connectivity index (χ2n) is 5.55. The van der Waals surface area contributed by atoms with Crippen molar-refractivity contribution in [3.63, 3.8) is 0 Å². The minimum atomic E-state index is -0.986. The van der Waals surface area contributed by atoms with E-state index < -0.39 is 15.2 Å². The quantitative estimate of drug-likeness (QED) is 0.661. The lowest BCUT2D eigenvalue weighted by Crippen LogP contribution is -2.54. The molecule has 0 amide bonds. The molecular weight excluding hydrogens is 204 g/mol. The molecule has 0 aliphatic heterocycles. The van der Waals surface area contributed by atoms with Crippen LogP contribution in [-0.4, -0.2) is 28.3 Å². The van der Waals surface area contributed by atoms with E-state index in [1.54, 1.807) is 0 Å². The highest BCUT2D eigenvalue weighted by Crippen LogP contribution is 2.28. The third kappa shape index (κ3) is 4.25. The van der Waals surface area contributed by atoms with E-state index in [0.717, 1.165) is 13.1 Å². The van der Waals surface area contributed by atoms with Gasteiger partial charge in [0.15, 0.2) is 0 Å². The Balaban J connectivity index is 4.20. The first-order valence-corrected chi connectivity index (χ1v) is 13.2. The van der Waals surface area contributed by atoms with Crippen LogP contribution in [0.1, 0.15) is 12.8 Å². The van der Waals surface area contributed by atoms with Crippen LogP contribution < -0.4 is 11.5 Å². The molecule has 0 unspecified atom stereocenters. The zero-order valence-electron chi connectivity index (χ0n) is 10.4. The number of hydrogen-bond acceptors (Lipinski definition) is 2.